The number of aromatic hydroxyl groups is 2. The Bertz CT molecular complexity index is 2090. The monoisotopic (exact) mass is 864 g/mol. The number of hydrogen-bond acceptors (Lipinski definition) is 16. The highest BCUT2D eigenvalue weighted by molar-refractivity contribution is 8.02. The van der Waals surface area contributed by atoms with Gasteiger partial charge in [0.05, 0.1) is 61.5 Å². The summed E-state index contributed by atoms with van der Waals surface area (Å²) in [5.41, 5.74) is 3.38. The van der Waals surface area contributed by atoms with Crippen LogP contribution in [0.4, 0.5) is 9.93 Å². The van der Waals surface area contributed by atoms with Gasteiger partial charge in [-0.2, -0.15) is 5.10 Å². The second kappa shape index (κ2) is 16.1. The number of carbonyl (C=O) groups is 6. The zero-order valence-electron chi connectivity index (χ0n) is 31.4. The molecule has 0 unspecified atom stereocenters. The molecule has 312 valence electrons. The van der Waals surface area contributed by atoms with E-state index in [2.05, 4.69) is 25.9 Å². The maximum atomic E-state index is 13.9. The quantitative estimate of drug-likeness (QED) is 0.0428. The van der Waals surface area contributed by atoms with Crippen molar-refractivity contribution in [1.82, 2.24) is 30.4 Å². The number of hydrogen-bond donors (Lipinski definition) is 6. The van der Waals surface area contributed by atoms with E-state index in [1.807, 2.05) is 0 Å². The van der Waals surface area contributed by atoms with E-state index in [-0.39, 0.29) is 34.5 Å². The molecule has 0 bridgehead atoms. The standard InChI is InChI=1S/C34H41ClN10O11S2/c1-17-14-43(32(55)44(17)38-9-13-45(10-4-5-11-45)12-8-37-25(48)18-6-7-20(46)24(47)21(18)35)34(30(53)54)16-42-27(50)23(28(42)58-34)40-26(49)22(19-15-57-31(36)39-19)41-56-33(2,3)29(51)52/h6-7,9,15,17,23,28H,4-5,8,10-14,16H2,1-3H3,(H7-,36,37,39,40,41,46,47,48,49,51,52,53,54)/b38-9+/t17-,23+,28+,34+/m0/s1. The van der Waals surface area contributed by atoms with Gasteiger partial charge in [-0.1, -0.05) is 28.5 Å². The number of nitrogens with one attached hydrogen (secondary N) is 2. The Morgan fingerprint density at radius 1 is 1.22 bits per heavy atom. The van der Waals surface area contributed by atoms with Gasteiger partial charge in [0, 0.05) is 24.8 Å². The van der Waals surface area contributed by atoms with Gasteiger partial charge in [0.15, 0.2) is 22.3 Å². The van der Waals surface area contributed by atoms with E-state index in [1.54, 1.807) is 13.1 Å². The van der Waals surface area contributed by atoms with E-state index in [0.29, 0.717) is 17.6 Å². The summed E-state index contributed by atoms with van der Waals surface area (Å²) in [6, 6.07) is -0.0784. The van der Waals surface area contributed by atoms with Gasteiger partial charge >= 0.3 is 12.0 Å². The molecule has 0 spiro atoms. The number of hydrazone groups is 1. The molecule has 4 aliphatic rings. The first-order valence-corrected chi connectivity index (χ1v) is 20.1. The fraction of sp³-hybridized carbons (Fsp3) is 0.500. The Kier molecular flexibility index (Phi) is 11.7. The minimum Gasteiger partial charge on any atom is -0.547 e. The Balaban J connectivity index is 1.10. The van der Waals surface area contributed by atoms with Gasteiger partial charge in [-0.25, -0.2) is 19.6 Å². The van der Waals surface area contributed by atoms with Gasteiger partial charge in [0.25, 0.3) is 11.8 Å². The topological polar surface area (TPSA) is 293 Å². The van der Waals surface area contributed by atoms with Crippen LogP contribution in [0.1, 0.15) is 49.7 Å². The van der Waals surface area contributed by atoms with Crippen molar-refractivity contribution < 1.29 is 58.5 Å². The lowest BCUT2D eigenvalue weighted by Crippen LogP contribution is -2.68. The van der Waals surface area contributed by atoms with E-state index < -0.39 is 87.4 Å². The van der Waals surface area contributed by atoms with Crippen molar-refractivity contribution >= 4 is 87.4 Å². The number of oxime groups is 1. The molecule has 0 saturated carbocycles. The summed E-state index contributed by atoms with van der Waals surface area (Å²) in [6.45, 7) is 6.36. The fourth-order valence-electron chi connectivity index (χ4n) is 7.04. The van der Waals surface area contributed by atoms with E-state index >= 15 is 0 Å². The summed E-state index contributed by atoms with van der Waals surface area (Å²) in [7, 11) is 0. The van der Waals surface area contributed by atoms with Crippen LogP contribution < -0.4 is 21.5 Å². The molecule has 4 atom stereocenters. The van der Waals surface area contributed by atoms with Crippen molar-refractivity contribution in [2.75, 3.05) is 51.5 Å². The minimum absolute atomic E-state index is 0.00675. The summed E-state index contributed by atoms with van der Waals surface area (Å²) in [5.74, 6) is -6.15. The van der Waals surface area contributed by atoms with Crippen LogP contribution in [0.3, 0.4) is 0 Å². The van der Waals surface area contributed by atoms with Crippen LogP contribution in [0.15, 0.2) is 27.8 Å². The first-order chi connectivity index (χ1) is 27.3. The Morgan fingerprint density at radius 2 is 1.93 bits per heavy atom. The number of aromatic nitrogens is 1. The maximum Gasteiger partial charge on any atom is 0.350 e. The molecule has 58 heavy (non-hydrogen) atoms. The Labute approximate surface area is 344 Å². The summed E-state index contributed by atoms with van der Waals surface area (Å²) >= 11 is 7.78. The van der Waals surface area contributed by atoms with Crippen LogP contribution in [0, 0.1) is 0 Å². The number of carboxylic acid groups (broad SMARTS) is 2. The number of carboxylic acids is 2. The SMILES string of the molecule is C[C@H]1CN([C@]2(C(=O)[O-])CN3C(=O)[C@@H](NC(=O)/C(=N\OC(C)(C)C(=O)O)c4csc(N)n4)[C@H]3S2)C(=O)N1/N=C/C[N+]1(CCNC(=O)c2ccc(O)c(O)c2Cl)CCCC1. The lowest BCUT2D eigenvalue weighted by molar-refractivity contribution is -0.906. The van der Waals surface area contributed by atoms with Crippen molar-refractivity contribution in [3.8, 4) is 11.5 Å². The normalized spacial score (nSPS) is 24.2. The summed E-state index contributed by atoms with van der Waals surface area (Å²) < 4.78 is 0.550. The zero-order chi connectivity index (χ0) is 42.3. The number of amides is 5. The Morgan fingerprint density at radius 3 is 2.57 bits per heavy atom. The van der Waals surface area contributed by atoms with Crippen LogP contribution in [0.25, 0.3) is 0 Å². The van der Waals surface area contributed by atoms with Crippen molar-refractivity contribution in [2.45, 2.75) is 61.5 Å². The number of urea groups is 1. The second-order valence-electron chi connectivity index (χ2n) is 14.8. The number of likely N-dealkylation sites (tertiary alicyclic amines) is 1. The van der Waals surface area contributed by atoms with Gasteiger partial charge in [-0.15, -0.1) is 11.3 Å². The number of thioether (sulfide) groups is 1. The number of nitrogens with two attached hydrogens (primary N) is 1. The number of thiazole rings is 1. The Hall–Kier alpha value is -5.39. The third kappa shape index (κ3) is 7.89. The van der Waals surface area contributed by atoms with E-state index in [0.717, 1.165) is 53.9 Å². The molecule has 5 amide bonds. The number of anilines is 1. The summed E-state index contributed by atoms with van der Waals surface area (Å²) in [4.78, 5) is 87.4. The molecule has 6 rings (SSSR count). The van der Waals surface area contributed by atoms with Crippen LogP contribution in [0.2, 0.25) is 5.02 Å². The van der Waals surface area contributed by atoms with Crippen LogP contribution in [-0.4, -0.2) is 161 Å². The third-order valence-corrected chi connectivity index (χ3v) is 13.2. The molecule has 2 aromatic rings. The highest BCUT2D eigenvalue weighted by Gasteiger charge is 2.64. The molecule has 24 heteroatoms. The van der Waals surface area contributed by atoms with Gasteiger partial charge in [-0.05, 0) is 32.9 Å². The number of halogens is 1. The molecule has 4 fully saturated rings. The van der Waals surface area contributed by atoms with Crippen molar-refractivity contribution in [3.63, 3.8) is 0 Å². The van der Waals surface area contributed by atoms with Gasteiger partial charge < -0.3 is 55.8 Å². The first-order valence-electron chi connectivity index (χ1n) is 18.0. The molecule has 21 nitrogen and oxygen atoms in total. The predicted molar refractivity (Wildman–Crippen MR) is 207 cm³/mol. The molecule has 4 aliphatic heterocycles. The molecule has 1 aromatic carbocycles. The summed E-state index contributed by atoms with van der Waals surface area (Å²) in [6.07, 6.45) is 3.45. The van der Waals surface area contributed by atoms with E-state index in [4.69, 9.17) is 22.2 Å². The molecule has 7 N–H and O–H groups in total. The number of phenols is 2. The van der Waals surface area contributed by atoms with Crippen molar-refractivity contribution in [2.24, 2.45) is 10.3 Å². The lowest BCUT2D eigenvalue weighted by Gasteiger charge is -2.41. The molecular weight excluding hydrogens is 824 g/mol. The van der Waals surface area contributed by atoms with Gasteiger partial charge in [0.2, 0.25) is 11.5 Å². The largest absolute Gasteiger partial charge is 0.547 e. The number of rotatable bonds is 15. The highest BCUT2D eigenvalue weighted by atomic mass is 35.5. The average Bonchev–Trinajstić information content (AvgIpc) is 3.96. The van der Waals surface area contributed by atoms with Crippen molar-refractivity contribution in [1.29, 1.82) is 0 Å². The van der Waals surface area contributed by atoms with E-state index in [1.165, 1.54) is 41.3 Å². The molecule has 4 saturated heterocycles. The van der Waals surface area contributed by atoms with Crippen LogP contribution >= 0.6 is 34.7 Å². The molecule has 1 aromatic heterocycles. The van der Waals surface area contributed by atoms with Crippen LogP contribution in [0.5, 0.6) is 11.5 Å². The minimum atomic E-state index is -2.03. The predicted octanol–water partition coefficient (Wildman–Crippen LogP) is -0.628. The second-order valence-corrected chi connectivity index (χ2v) is 17.4. The number of aliphatic carboxylic acids is 2. The zero-order valence-corrected chi connectivity index (χ0v) is 33.8. The molecule has 5 heterocycles. The van der Waals surface area contributed by atoms with Gasteiger partial charge in [0.1, 0.15) is 28.5 Å². The summed E-state index contributed by atoms with van der Waals surface area (Å²) in [5, 5.41) is 56.8. The number of carbonyl (C=O) groups excluding carboxylic acids is 5. The number of phenolic OH excluding ortho intramolecular Hbond substituents is 2. The number of β-lactam (4-membered cyclic amide) rings is 1. The molecule has 0 radical (unpaired) electrons. The first kappa shape index (κ1) is 42.2. The number of nitrogen functional groups attached to an aromatic ring is 1. The molecular formula is C34H41ClN10O11S2. The smallest absolute Gasteiger partial charge is 0.350 e. The highest BCUT2D eigenvalue weighted by Crippen LogP contribution is 2.50. The van der Waals surface area contributed by atoms with Crippen LogP contribution in [-0.2, 0) is 24.0 Å². The maximum absolute atomic E-state index is 13.9. The number of fused-ring (bicyclic) bond motifs is 1. The number of nitrogens with zero attached hydrogens (tertiary/aromatic N) is 7. The average molecular weight is 865 g/mol. The van der Waals surface area contributed by atoms with Gasteiger partial charge in [-0.3, -0.25) is 19.3 Å². The fourth-order valence-corrected chi connectivity index (χ4v) is 9.44. The molecule has 0 aliphatic carbocycles. The van der Waals surface area contributed by atoms with E-state index in [9.17, 15) is 49.2 Å². The third-order valence-electron chi connectivity index (χ3n) is 10.4. The number of benzene rings is 1. The lowest BCUT2D eigenvalue weighted by atomic mass is 10.1. The number of quaternary nitrogens is 1. The van der Waals surface area contributed by atoms with Crippen molar-refractivity contribution in [3.05, 3.63) is 33.8 Å².